The van der Waals surface area contributed by atoms with E-state index < -0.39 is 0 Å². The summed E-state index contributed by atoms with van der Waals surface area (Å²) in [5, 5.41) is 3.61. The number of hydrogen-bond acceptors (Lipinski definition) is 6. The maximum absolute atomic E-state index is 12.3. The zero-order chi connectivity index (χ0) is 18.4. The van der Waals surface area contributed by atoms with E-state index in [1.165, 1.54) is 11.8 Å². The van der Waals surface area contributed by atoms with Crippen molar-refractivity contribution in [1.82, 2.24) is 14.5 Å². The van der Waals surface area contributed by atoms with Crippen LogP contribution in [0.4, 0.5) is 5.69 Å². The first-order valence-electron chi connectivity index (χ1n) is 8.08. The highest BCUT2D eigenvalue weighted by Crippen LogP contribution is 2.23. The Morgan fingerprint density at radius 1 is 1.27 bits per heavy atom. The van der Waals surface area contributed by atoms with Gasteiger partial charge in [0.05, 0.1) is 26.0 Å². The summed E-state index contributed by atoms with van der Waals surface area (Å²) in [6, 6.07) is 11.0. The lowest BCUT2D eigenvalue weighted by molar-refractivity contribution is -0.113. The molecule has 3 rings (SSSR count). The zero-order valence-corrected chi connectivity index (χ0v) is 15.5. The lowest BCUT2D eigenvalue weighted by Crippen LogP contribution is -2.15. The fraction of sp³-hybridized carbons (Fsp3) is 0.278. The van der Waals surface area contributed by atoms with Crippen molar-refractivity contribution in [3.05, 3.63) is 42.6 Å². The molecule has 26 heavy (non-hydrogen) atoms. The molecular weight excluding hydrogens is 352 g/mol. The Morgan fingerprint density at radius 3 is 2.96 bits per heavy atom. The third-order valence-electron chi connectivity index (χ3n) is 3.67. The number of hydrogen-bond donors (Lipinski definition) is 1. The van der Waals surface area contributed by atoms with Gasteiger partial charge in [0.15, 0.2) is 10.8 Å². The van der Waals surface area contributed by atoms with Gasteiger partial charge in [0, 0.05) is 25.1 Å². The van der Waals surface area contributed by atoms with Gasteiger partial charge >= 0.3 is 0 Å². The molecule has 1 aromatic carbocycles. The van der Waals surface area contributed by atoms with Crippen LogP contribution in [0.2, 0.25) is 0 Å². The van der Waals surface area contributed by atoms with Crippen molar-refractivity contribution in [2.75, 3.05) is 31.9 Å². The number of anilines is 1. The summed E-state index contributed by atoms with van der Waals surface area (Å²) in [4.78, 5) is 21.2. The number of amides is 1. The van der Waals surface area contributed by atoms with Crippen LogP contribution >= 0.6 is 11.8 Å². The predicted molar refractivity (Wildman–Crippen MR) is 102 cm³/mol. The minimum atomic E-state index is -0.110. The van der Waals surface area contributed by atoms with E-state index in [-0.39, 0.29) is 11.7 Å². The van der Waals surface area contributed by atoms with Gasteiger partial charge in [0.25, 0.3) is 0 Å². The number of thioether (sulfide) groups is 1. The number of aromatic nitrogens is 3. The molecule has 0 fully saturated rings. The second kappa shape index (κ2) is 8.68. The fourth-order valence-electron chi connectivity index (χ4n) is 2.46. The second-order valence-corrected chi connectivity index (χ2v) is 6.40. The highest BCUT2D eigenvalue weighted by Gasteiger charge is 2.14. The SMILES string of the molecule is COCCn1c(SCC(=O)Nc2cccc(OC)c2)nc2cccnc21. The van der Waals surface area contributed by atoms with Gasteiger partial charge in [-0.15, -0.1) is 0 Å². The van der Waals surface area contributed by atoms with Crippen LogP contribution in [-0.2, 0) is 16.1 Å². The summed E-state index contributed by atoms with van der Waals surface area (Å²) in [6.07, 6.45) is 1.73. The number of nitrogens with zero attached hydrogens (tertiary/aromatic N) is 3. The second-order valence-electron chi connectivity index (χ2n) is 5.45. The van der Waals surface area contributed by atoms with Crippen LogP contribution in [0.25, 0.3) is 11.2 Å². The third-order valence-corrected chi connectivity index (χ3v) is 4.65. The summed E-state index contributed by atoms with van der Waals surface area (Å²) in [7, 11) is 3.25. The molecule has 0 radical (unpaired) electrons. The average Bonchev–Trinajstić information content (AvgIpc) is 3.02. The lowest BCUT2D eigenvalue weighted by atomic mass is 10.3. The molecule has 0 aliphatic carbocycles. The molecule has 0 atom stereocenters. The summed E-state index contributed by atoms with van der Waals surface area (Å²) in [5.41, 5.74) is 2.30. The number of carbonyl (C=O) groups is 1. The molecule has 0 aliphatic rings. The van der Waals surface area contributed by atoms with Crippen molar-refractivity contribution in [1.29, 1.82) is 0 Å². The molecule has 2 heterocycles. The van der Waals surface area contributed by atoms with Crippen molar-refractivity contribution < 1.29 is 14.3 Å². The van der Waals surface area contributed by atoms with Crippen molar-refractivity contribution in [3.8, 4) is 5.75 Å². The average molecular weight is 372 g/mol. The van der Waals surface area contributed by atoms with Crippen molar-refractivity contribution >= 4 is 34.5 Å². The quantitative estimate of drug-likeness (QED) is 0.613. The Labute approximate surface area is 155 Å². The first-order valence-corrected chi connectivity index (χ1v) is 9.06. The van der Waals surface area contributed by atoms with Gasteiger partial charge in [-0.2, -0.15) is 0 Å². The Hall–Kier alpha value is -2.58. The van der Waals surface area contributed by atoms with Gasteiger partial charge in [-0.25, -0.2) is 9.97 Å². The molecule has 7 nitrogen and oxygen atoms in total. The number of pyridine rings is 1. The van der Waals surface area contributed by atoms with Crippen LogP contribution in [0.15, 0.2) is 47.8 Å². The minimum absolute atomic E-state index is 0.110. The molecule has 0 spiro atoms. The Balaban J connectivity index is 1.69. The molecule has 1 amide bonds. The monoisotopic (exact) mass is 372 g/mol. The number of carbonyl (C=O) groups excluding carboxylic acids is 1. The number of ether oxygens (including phenoxy) is 2. The van der Waals surface area contributed by atoms with E-state index in [0.717, 1.165) is 16.3 Å². The summed E-state index contributed by atoms with van der Waals surface area (Å²) >= 11 is 1.37. The smallest absolute Gasteiger partial charge is 0.234 e. The van der Waals surface area contributed by atoms with E-state index in [1.54, 1.807) is 26.5 Å². The maximum atomic E-state index is 12.3. The van der Waals surface area contributed by atoms with Crippen LogP contribution in [-0.4, -0.2) is 47.0 Å². The standard InChI is InChI=1S/C18H20N4O3S/c1-24-10-9-22-17-15(7-4-8-19-17)21-18(22)26-12-16(23)20-13-5-3-6-14(11-13)25-2/h3-8,11H,9-10,12H2,1-2H3,(H,20,23). The summed E-state index contributed by atoms with van der Waals surface area (Å²) < 4.78 is 12.3. The van der Waals surface area contributed by atoms with Crippen LogP contribution in [0.5, 0.6) is 5.75 Å². The first kappa shape index (κ1) is 18.2. The van der Waals surface area contributed by atoms with E-state index in [9.17, 15) is 4.79 Å². The van der Waals surface area contributed by atoms with Crippen molar-refractivity contribution in [2.45, 2.75) is 11.7 Å². The van der Waals surface area contributed by atoms with E-state index >= 15 is 0 Å². The van der Waals surface area contributed by atoms with Gasteiger partial charge in [-0.3, -0.25) is 4.79 Å². The highest BCUT2D eigenvalue weighted by molar-refractivity contribution is 7.99. The van der Waals surface area contributed by atoms with Gasteiger partial charge in [0.1, 0.15) is 11.3 Å². The molecule has 8 heteroatoms. The van der Waals surface area contributed by atoms with Crippen LogP contribution in [0.1, 0.15) is 0 Å². The zero-order valence-electron chi connectivity index (χ0n) is 14.6. The van der Waals surface area contributed by atoms with Crippen LogP contribution in [0, 0.1) is 0 Å². The number of benzene rings is 1. The van der Waals surface area contributed by atoms with E-state index in [0.29, 0.717) is 24.6 Å². The van der Waals surface area contributed by atoms with Gasteiger partial charge in [-0.05, 0) is 24.3 Å². The number of rotatable bonds is 8. The van der Waals surface area contributed by atoms with E-state index in [1.807, 2.05) is 34.9 Å². The first-order chi connectivity index (χ1) is 12.7. The molecule has 136 valence electrons. The van der Waals surface area contributed by atoms with E-state index in [2.05, 4.69) is 15.3 Å². The molecule has 1 N–H and O–H groups in total. The molecule has 0 aliphatic heterocycles. The molecule has 0 saturated carbocycles. The summed E-state index contributed by atoms with van der Waals surface area (Å²) in [5.74, 6) is 0.831. The normalized spacial score (nSPS) is 10.8. The Bertz CT molecular complexity index is 897. The fourth-order valence-corrected chi connectivity index (χ4v) is 3.29. The van der Waals surface area contributed by atoms with E-state index in [4.69, 9.17) is 9.47 Å². The van der Waals surface area contributed by atoms with Gasteiger partial charge in [0.2, 0.25) is 5.91 Å². The minimum Gasteiger partial charge on any atom is -0.497 e. The topological polar surface area (TPSA) is 78.3 Å². The molecular formula is C18H20N4O3S. The highest BCUT2D eigenvalue weighted by atomic mass is 32.2. The third kappa shape index (κ3) is 4.33. The molecule has 0 saturated heterocycles. The van der Waals surface area contributed by atoms with Crippen molar-refractivity contribution in [3.63, 3.8) is 0 Å². The number of fused-ring (bicyclic) bond motifs is 1. The lowest BCUT2D eigenvalue weighted by Gasteiger charge is -2.08. The van der Waals surface area contributed by atoms with Crippen LogP contribution in [0.3, 0.4) is 0 Å². The molecule has 3 aromatic rings. The molecule has 0 unspecified atom stereocenters. The predicted octanol–water partition coefficient (Wildman–Crippen LogP) is 2.82. The largest absolute Gasteiger partial charge is 0.497 e. The van der Waals surface area contributed by atoms with Gasteiger partial charge in [-0.1, -0.05) is 17.8 Å². The molecule has 2 aromatic heterocycles. The Morgan fingerprint density at radius 2 is 2.15 bits per heavy atom. The number of nitrogens with one attached hydrogen (secondary N) is 1. The van der Waals surface area contributed by atoms with Crippen molar-refractivity contribution in [2.24, 2.45) is 0 Å². The van der Waals surface area contributed by atoms with Gasteiger partial charge < -0.3 is 19.4 Å². The number of imidazole rings is 1. The van der Waals surface area contributed by atoms with Crippen LogP contribution < -0.4 is 10.1 Å². The Kier molecular flexibility index (Phi) is 6.08. The summed E-state index contributed by atoms with van der Waals surface area (Å²) in [6.45, 7) is 1.18. The molecule has 0 bridgehead atoms. The maximum Gasteiger partial charge on any atom is 0.234 e. The number of methoxy groups -OCH3 is 2.